The van der Waals surface area contributed by atoms with E-state index in [1.165, 1.54) is 24.7 Å². The van der Waals surface area contributed by atoms with E-state index in [2.05, 4.69) is 37.6 Å². The molecule has 1 fully saturated rings. The van der Waals surface area contributed by atoms with Crippen LogP contribution in [0.1, 0.15) is 55.8 Å². The van der Waals surface area contributed by atoms with Gasteiger partial charge in [0, 0.05) is 59.5 Å². The van der Waals surface area contributed by atoms with Crippen molar-refractivity contribution in [2.45, 2.75) is 43.8 Å². The van der Waals surface area contributed by atoms with Gasteiger partial charge in [0.05, 0.1) is 35.9 Å². The third-order valence-electron chi connectivity index (χ3n) is 8.33. The van der Waals surface area contributed by atoms with Crippen LogP contribution in [-0.2, 0) is 4.79 Å². The number of hydrogen-bond acceptors (Lipinski definition) is 10. The van der Waals surface area contributed by atoms with Crippen LogP contribution in [0.3, 0.4) is 0 Å². The Balaban J connectivity index is 1.40. The molecule has 1 saturated carbocycles. The number of hydrogen-bond donors (Lipinski definition) is 5. The molecule has 3 aromatic carbocycles. The van der Waals surface area contributed by atoms with Crippen LogP contribution in [0.15, 0.2) is 104 Å². The molecule has 5 aromatic rings. The highest BCUT2D eigenvalue weighted by Gasteiger charge is 2.32. The lowest BCUT2D eigenvalue weighted by Gasteiger charge is -2.24. The van der Waals surface area contributed by atoms with Crippen molar-refractivity contribution in [2.75, 3.05) is 10.6 Å². The SMILES string of the molecule is [2H]C(Nc1cc(-c2cncnc2)c2ncc(C#N)c(N[C@H](CCC(=O)O)c3ccccc3)c2c1)(C1=CN(C2CC2)NN1)c1ccc(F)cc1. The van der Waals surface area contributed by atoms with E-state index >= 15 is 0 Å². The Hall–Kier alpha value is -6.06. The van der Waals surface area contributed by atoms with Gasteiger partial charge in [-0.15, -0.1) is 5.53 Å². The molecule has 1 unspecified atom stereocenters. The summed E-state index contributed by atoms with van der Waals surface area (Å²) < 4.78 is 24.0. The Morgan fingerprint density at radius 1 is 1.08 bits per heavy atom. The van der Waals surface area contributed by atoms with Crippen molar-refractivity contribution in [1.82, 2.24) is 30.9 Å². The van der Waals surface area contributed by atoms with Gasteiger partial charge in [-0.1, -0.05) is 42.5 Å². The Morgan fingerprint density at radius 3 is 2.56 bits per heavy atom. The number of carboxylic acid groups (broad SMARTS) is 1. The van der Waals surface area contributed by atoms with Crippen molar-refractivity contribution >= 4 is 28.2 Å². The number of aliphatic carboxylic acids is 1. The van der Waals surface area contributed by atoms with Gasteiger partial charge in [-0.05, 0) is 54.7 Å². The molecule has 3 heterocycles. The van der Waals surface area contributed by atoms with E-state index in [-0.39, 0.29) is 18.4 Å². The summed E-state index contributed by atoms with van der Waals surface area (Å²) in [4.78, 5) is 24.8. The van der Waals surface area contributed by atoms with Gasteiger partial charge in [-0.25, -0.2) is 14.4 Å². The number of carboxylic acids is 1. The average molecular weight is 643 g/mol. The highest BCUT2D eigenvalue weighted by molar-refractivity contribution is 6.04. The van der Waals surface area contributed by atoms with E-state index in [0.29, 0.717) is 50.7 Å². The van der Waals surface area contributed by atoms with E-state index in [4.69, 9.17) is 4.98 Å². The molecule has 5 N–H and O–H groups in total. The predicted molar refractivity (Wildman–Crippen MR) is 179 cm³/mol. The predicted octanol–water partition coefficient (Wildman–Crippen LogP) is 6.20. The molecule has 2 atom stereocenters. The third kappa shape index (κ3) is 6.58. The lowest BCUT2D eigenvalue weighted by atomic mass is 9.97. The fourth-order valence-electron chi connectivity index (χ4n) is 5.78. The summed E-state index contributed by atoms with van der Waals surface area (Å²) in [7, 11) is 0. The number of hydrazine groups is 2. The van der Waals surface area contributed by atoms with Gasteiger partial charge in [0.25, 0.3) is 0 Å². The van der Waals surface area contributed by atoms with Crippen molar-refractivity contribution in [3.05, 3.63) is 126 Å². The maximum atomic E-state index is 14.1. The maximum absolute atomic E-state index is 14.1. The monoisotopic (exact) mass is 642 g/mol. The largest absolute Gasteiger partial charge is 0.481 e. The van der Waals surface area contributed by atoms with Gasteiger partial charge in [-0.3, -0.25) is 14.8 Å². The van der Waals surface area contributed by atoms with Gasteiger partial charge < -0.3 is 21.2 Å². The number of rotatable bonds is 12. The van der Waals surface area contributed by atoms with Crippen molar-refractivity contribution in [3.63, 3.8) is 0 Å². The number of fused-ring (bicyclic) bond motifs is 1. The molecular formula is C36H32FN9O2. The fourth-order valence-corrected chi connectivity index (χ4v) is 5.78. The molecule has 1 aliphatic carbocycles. The second-order valence-electron chi connectivity index (χ2n) is 11.7. The number of nitriles is 1. The van der Waals surface area contributed by atoms with Crippen molar-refractivity contribution in [1.29, 1.82) is 5.26 Å². The van der Waals surface area contributed by atoms with E-state index < -0.39 is 23.8 Å². The highest BCUT2D eigenvalue weighted by Crippen LogP contribution is 2.39. The molecule has 12 heteroatoms. The van der Waals surface area contributed by atoms with E-state index in [0.717, 1.165) is 18.4 Å². The Bertz CT molecular complexity index is 2070. The zero-order valence-corrected chi connectivity index (χ0v) is 25.7. The van der Waals surface area contributed by atoms with Crippen LogP contribution in [0.5, 0.6) is 0 Å². The van der Waals surface area contributed by atoms with Crippen LogP contribution in [0.2, 0.25) is 0 Å². The lowest BCUT2D eigenvalue weighted by molar-refractivity contribution is -0.137. The van der Waals surface area contributed by atoms with Crippen molar-refractivity contribution in [3.8, 4) is 17.2 Å². The number of pyridine rings is 1. The average Bonchev–Trinajstić information content (AvgIpc) is 3.85. The van der Waals surface area contributed by atoms with Crippen LogP contribution in [0.25, 0.3) is 22.0 Å². The summed E-state index contributed by atoms with van der Waals surface area (Å²) in [5.41, 5.74) is 11.2. The first-order valence-corrected chi connectivity index (χ1v) is 15.5. The topological polar surface area (TPSA) is 151 Å². The number of carbonyl (C=O) groups is 1. The Labute approximate surface area is 277 Å². The molecule has 2 aromatic heterocycles. The second kappa shape index (κ2) is 13.4. The minimum atomic E-state index is -1.62. The first-order valence-electron chi connectivity index (χ1n) is 16.0. The third-order valence-corrected chi connectivity index (χ3v) is 8.33. The van der Waals surface area contributed by atoms with E-state index in [1.807, 2.05) is 53.7 Å². The zero-order valence-electron chi connectivity index (χ0n) is 26.7. The van der Waals surface area contributed by atoms with Crippen LogP contribution in [0.4, 0.5) is 15.8 Å². The summed E-state index contributed by atoms with van der Waals surface area (Å²) in [6.45, 7) is 0. The molecule has 7 rings (SSSR count). The lowest BCUT2D eigenvalue weighted by Crippen LogP contribution is -2.38. The molecule has 0 spiro atoms. The number of aromatic nitrogens is 3. The molecular weight excluding hydrogens is 609 g/mol. The molecule has 2 aliphatic rings. The van der Waals surface area contributed by atoms with Crippen LogP contribution in [-0.4, -0.2) is 37.1 Å². The number of anilines is 2. The number of benzene rings is 3. The molecule has 0 bridgehead atoms. The van der Waals surface area contributed by atoms with Crippen molar-refractivity contribution < 1.29 is 15.7 Å². The first-order chi connectivity index (χ1) is 23.8. The molecule has 0 saturated heterocycles. The normalized spacial score (nSPS) is 16.2. The number of nitrogens with one attached hydrogen (secondary N) is 4. The zero-order chi connectivity index (χ0) is 34.0. The number of nitrogens with zero attached hydrogens (tertiary/aromatic N) is 5. The van der Waals surface area contributed by atoms with Gasteiger partial charge in [0.15, 0.2) is 0 Å². The summed E-state index contributed by atoms with van der Waals surface area (Å²) >= 11 is 0. The summed E-state index contributed by atoms with van der Waals surface area (Å²) in [6.07, 6.45) is 10.3. The van der Waals surface area contributed by atoms with Gasteiger partial charge >= 0.3 is 5.97 Å². The van der Waals surface area contributed by atoms with E-state index in [1.54, 1.807) is 24.5 Å². The van der Waals surface area contributed by atoms with Gasteiger partial charge in [0.2, 0.25) is 0 Å². The maximum Gasteiger partial charge on any atom is 0.303 e. The summed E-state index contributed by atoms with van der Waals surface area (Å²) in [5.74, 6) is -1.35. The minimum absolute atomic E-state index is 0.0933. The summed E-state index contributed by atoms with van der Waals surface area (Å²) in [6, 6.07) is 19.4. The second-order valence-corrected chi connectivity index (χ2v) is 11.7. The van der Waals surface area contributed by atoms with Crippen molar-refractivity contribution in [2.24, 2.45) is 0 Å². The van der Waals surface area contributed by atoms with Crippen LogP contribution >= 0.6 is 0 Å². The molecule has 1 aliphatic heterocycles. The quantitative estimate of drug-likeness (QED) is 0.106. The van der Waals surface area contributed by atoms with Crippen LogP contribution in [0, 0.1) is 17.1 Å². The summed E-state index contributed by atoms with van der Waals surface area (Å²) in [5, 5.41) is 29.2. The van der Waals surface area contributed by atoms with Gasteiger partial charge in [-0.2, -0.15) is 5.26 Å². The first kappa shape index (κ1) is 29.3. The van der Waals surface area contributed by atoms with E-state index in [9.17, 15) is 20.9 Å². The smallest absolute Gasteiger partial charge is 0.303 e. The standard InChI is InChI=1S/C36H32FN9O2/c37-26-8-6-23(7-9-26)35(32-20-46(45-44-32)28-10-11-28)42-27-14-29(25-17-39-21-40-18-25)36-30(15-27)34(24(16-38)19-41-36)43-31(12-13-33(47)48)22-4-2-1-3-5-22/h1-9,14-15,17-21,28,31,35,42,44-45H,10-13H2,(H,41,43)(H,47,48)/t31-,35?/m1/s1/i35D. The van der Waals surface area contributed by atoms with Gasteiger partial charge in [0.1, 0.15) is 18.2 Å². The molecule has 0 radical (unpaired) electrons. The molecule has 0 amide bonds. The molecule has 48 heavy (non-hydrogen) atoms. The minimum Gasteiger partial charge on any atom is -0.481 e. The molecule has 240 valence electrons. The molecule has 11 nitrogen and oxygen atoms in total. The van der Waals surface area contributed by atoms with Crippen LogP contribution < -0.4 is 21.6 Å². The fraction of sp³-hybridized carbons (Fsp3) is 0.194. The number of halogens is 1. The Kier molecular flexibility index (Phi) is 8.16. The highest BCUT2D eigenvalue weighted by atomic mass is 19.1. The Morgan fingerprint density at radius 2 is 1.85 bits per heavy atom.